The van der Waals surface area contributed by atoms with Crippen molar-refractivity contribution in [2.24, 2.45) is 0 Å². The molecule has 0 spiro atoms. The second-order valence-electron chi connectivity index (χ2n) is 4.00. The van der Waals surface area contributed by atoms with E-state index in [4.69, 9.17) is 11.6 Å². The molecule has 0 fully saturated rings. The van der Waals surface area contributed by atoms with Crippen LogP contribution in [0.1, 0.15) is 25.5 Å². The van der Waals surface area contributed by atoms with Gasteiger partial charge in [-0.05, 0) is 30.7 Å². The molecule has 1 N–H and O–H groups in total. The van der Waals surface area contributed by atoms with Gasteiger partial charge in [0.1, 0.15) is 0 Å². The molecule has 1 heterocycles. The summed E-state index contributed by atoms with van der Waals surface area (Å²) in [7, 11) is 0. The molecule has 0 aliphatic carbocycles. The van der Waals surface area contributed by atoms with Crippen LogP contribution >= 0.6 is 11.6 Å². The van der Waals surface area contributed by atoms with Crippen molar-refractivity contribution in [3.8, 4) is 0 Å². The highest BCUT2D eigenvalue weighted by molar-refractivity contribution is 6.31. The fourth-order valence-corrected chi connectivity index (χ4v) is 2.19. The van der Waals surface area contributed by atoms with Crippen LogP contribution in [0.25, 0.3) is 10.9 Å². The van der Waals surface area contributed by atoms with Crippen molar-refractivity contribution in [2.45, 2.75) is 32.9 Å². The molecule has 0 aliphatic rings. The molecule has 0 radical (unpaired) electrons. The largest absolute Gasteiger partial charge is 0.390 e. The minimum absolute atomic E-state index is 0.0794. The number of aromatic nitrogens is 1. The van der Waals surface area contributed by atoms with E-state index in [1.54, 1.807) is 0 Å². The zero-order valence-corrected chi connectivity index (χ0v) is 10.2. The molecule has 86 valence electrons. The number of aliphatic hydroxyl groups excluding tert-OH is 1. The van der Waals surface area contributed by atoms with Gasteiger partial charge in [-0.1, -0.05) is 24.9 Å². The molecule has 0 saturated heterocycles. The second kappa shape index (κ2) is 4.89. The lowest BCUT2D eigenvalue weighted by Gasteiger charge is -2.08. The standard InChI is InChI=1S/C13H16ClNO/c1-2-3-6-15-12(9-16)8-10-7-11(14)4-5-13(10)15/h4-5,7-8,16H,2-3,6,9H2,1H3. The van der Waals surface area contributed by atoms with Crippen molar-refractivity contribution in [3.05, 3.63) is 35.0 Å². The highest BCUT2D eigenvalue weighted by Crippen LogP contribution is 2.24. The predicted molar refractivity (Wildman–Crippen MR) is 67.8 cm³/mol. The Kier molecular flexibility index (Phi) is 3.52. The van der Waals surface area contributed by atoms with Gasteiger partial charge in [0.15, 0.2) is 0 Å². The molecule has 2 rings (SSSR count). The lowest BCUT2D eigenvalue weighted by molar-refractivity contribution is 0.271. The molecule has 0 unspecified atom stereocenters. The fraction of sp³-hybridized carbons (Fsp3) is 0.385. The highest BCUT2D eigenvalue weighted by atomic mass is 35.5. The van der Waals surface area contributed by atoms with Crippen LogP contribution in [0.2, 0.25) is 5.02 Å². The molecule has 0 amide bonds. The third-order valence-corrected chi connectivity index (χ3v) is 3.08. The minimum atomic E-state index is 0.0794. The van der Waals surface area contributed by atoms with Crippen molar-refractivity contribution >= 4 is 22.5 Å². The average molecular weight is 238 g/mol. The predicted octanol–water partition coefficient (Wildman–Crippen LogP) is 3.59. The summed E-state index contributed by atoms with van der Waals surface area (Å²) in [4.78, 5) is 0. The van der Waals surface area contributed by atoms with Crippen molar-refractivity contribution in [1.29, 1.82) is 0 Å². The molecule has 0 saturated carbocycles. The maximum atomic E-state index is 9.33. The number of aryl methyl sites for hydroxylation is 1. The Morgan fingerprint density at radius 3 is 2.81 bits per heavy atom. The Morgan fingerprint density at radius 1 is 1.31 bits per heavy atom. The van der Waals surface area contributed by atoms with Gasteiger partial charge in [0.2, 0.25) is 0 Å². The molecule has 0 aliphatic heterocycles. The number of nitrogens with zero attached hydrogens (tertiary/aromatic N) is 1. The van der Waals surface area contributed by atoms with Gasteiger partial charge in [-0.25, -0.2) is 0 Å². The molecular formula is C13H16ClNO. The van der Waals surface area contributed by atoms with Crippen molar-refractivity contribution in [2.75, 3.05) is 0 Å². The second-order valence-corrected chi connectivity index (χ2v) is 4.44. The van der Waals surface area contributed by atoms with Crippen LogP contribution in [-0.4, -0.2) is 9.67 Å². The lowest BCUT2D eigenvalue weighted by atomic mass is 10.2. The van der Waals surface area contributed by atoms with Crippen LogP contribution in [0.5, 0.6) is 0 Å². The lowest BCUT2D eigenvalue weighted by Crippen LogP contribution is -2.02. The Balaban J connectivity index is 2.50. The summed E-state index contributed by atoms with van der Waals surface area (Å²) in [5.74, 6) is 0. The quantitative estimate of drug-likeness (QED) is 0.864. The molecule has 0 bridgehead atoms. The highest BCUT2D eigenvalue weighted by Gasteiger charge is 2.07. The molecule has 2 aromatic rings. The first kappa shape index (κ1) is 11.5. The van der Waals surface area contributed by atoms with Crippen LogP contribution in [0.15, 0.2) is 24.3 Å². The fourth-order valence-electron chi connectivity index (χ4n) is 2.01. The first-order valence-corrected chi connectivity index (χ1v) is 6.02. The molecular weight excluding hydrogens is 222 g/mol. The monoisotopic (exact) mass is 237 g/mol. The van der Waals surface area contributed by atoms with Crippen molar-refractivity contribution < 1.29 is 5.11 Å². The summed E-state index contributed by atoms with van der Waals surface area (Å²) in [5, 5.41) is 11.2. The number of benzene rings is 1. The third kappa shape index (κ3) is 2.08. The van der Waals surface area contributed by atoms with E-state index in [1.165, 1.54) is 0 Å². The molecule has 1 aromatic carbocycles. The number of aliphatic hydroxyl groups is 1. The molecule has 0 atom stereocenters. The van der Waals surface area contributed by atoms with Crippen molar-refractivity contribution in [1.82, 2.24) is 4.57 Å². The average Bonchev–Trinajstić information content (AvgIpc) is 2.63. The molecule has 3 heteroatoms. The molecule has 2 nitrogen and oxygen atoms in total. The Labute approximate surface area is 100 Å². The summed E-state index contributed by atoms with van der Waals surface area (Å²) < 4.78 is 2.18. The van der Waals surface area contributed by atoms with Crippen LogP contribution in [0.3, 0.4) is 0 Å². The van der Waals surface area contributed by atoms with Gasteiger partial charge in [0.05, 0.1) is 6.61 Å². The minimum Gasteiger partial charge on any atom is -0.390 e. The third-order valence-electron chi connectivity index (χ3n) is 2.85. The Hall–Kier alpha value is -0.990. The number of hydrogen-bond acceptors (Lipinski definition) is 1. The summed E-state index contributed by atoms with van der Waals surface area (Å²) >= 11 is 5.96. The summed E-state index contributed by atoms with van der Waals surface area (Å²) in [5.41, 5.74) is 2.12. The van der Waals surface area contributed by atoms with Crippen LogP contribution in [-0.2, 0) is 13.2 Å². The van der Waals surface area contributed by atoms with E-state index in [0.29, 0.717) is 0 Å². The van der Waals surface area contributed by atoms with Gasteiger partial charge in [-0.15, -0.1) is 0 Å². The van der Waals surface area contributed by atoms with Gasteiger partial charge in [0, 0.05) is 28.2 Å². The van der Waals surface area contributed by atoms with E-state index in [2.05, 4.69) is 11.5 Å². The smallest absolute Gasteiger partial charge is 0.0833 e. The maximum absolute atomic E-state index is 9.33. The number of halogens is 1. The normalized spacial score (nSPS) is 11.2. The van der Waals surface area contributed by atoms with Gasteiger partial charge in [-0.2, -0.15) is 0 Å². The van der Waals surface area contributed by atoms with E-state index in [-0.39, 0.29) is 6.61 Å². The van der Waals surface area contributed by atoms with E-state index < -0.39 is 0 Å². The van der Waals surface area contributed by atoms with Gasteiger partial charge < -0.3 is 9.67 Å². The van der Waals surface area contributed by atoms with E-state index in [9.17, 15) is 5.11 Å². The van der Waals surface area contributed by atoms with Gasteiger partial charge in [-0.3, -0.25) is 0 Å². The Bertz CT molecular complexity index is 490. The van der Waals surface area contributed by atoms with Crippen molar-refractivity contribution in [3.63, 3.8) is 0 Å². The SMILES string of the molecule is CCCCn1c(CO)cc2cc(Cl)ccc21. The van der Waals surface area contributed by atoms with E-state index >= 15 is 0 Å². The zero-order chi connectivity index (χ0) is 11.5. The first-order chi connectivity index (χ1) is 7.76. The number of hydrogen-bond donors (Lipinski definition) is 1. The maximum Gasteiger partial charge on any atom is 0.0833 e. The zero-order valence-electron chi connectivity index (χ0n) is 9.41. The topological polar surface area (TPSA) is 25.2 Å². The van der Waals surface area contributed by atoms with Crippen LogP contribution in [0, 0.1) is 0 Å². The Morgan fingerprint density at radius 2 is 2.12 bits per heavy atom. The summed E-state index contributed by atoms with van der Waals surface area (Å²) in [6.45, 7) is 3.20. The number of rotatable bonds is 4. The molecule has 16 heavy (non-hydrogen) atoms. The first-order valence-electron chi connectivity index (χ1n) is 5.64. The molecule has 1 aromatic heterocycles. The number of fused-ring (bicyclic) bond motifs is 1. The van der Waals surface area contributed by atoms with Gasteiger partial charge >= 0.3 is 0 Å². The van der Waals surface area contributed by atoms with Gasteiger partial charge in [0.25, 0.3) is 0 Å². The summed E-state index contributed by atoms with van der Waals surface area (Å²) in [6, 6.07) is 7.87. The number of unbranched alkanes of at least 4 members (excludes halogenated alkanes) is 1. The van der Waals surface area contributed by atoms with Crippen LogP contribution in [0.4, 0.5) is 0 Å². The van der Waals surface area contributed by atoms with E-state index in [1.807, 2.05) is 24.3 Å². The van der Waals surface area contributed by atoms with E-state index in [0.717, 1.165) is 41.0 Å². The summed E-state index contributed by atoms with van der Waals surface area (Å²) in [6.07, 6.45) is 2.28. The van der Waals surface area contributed by atoms with Crippen LogP contribution < -0.4 is 0 Å².